The standard InChI is InChI=1S/C16H20N2S/c1-12-3-2-4-13(7-12)14(9-17-15-5-6-15)8-16-10-19-11-18-16/h2-4,7,10-11,14-15,17H,5-6,8-9H2,1H3. The molecule has 0 spiro atoms. The summed E-state index contributed by atoms with van der Waals surface area (Å²) in [5.74, 6) is 0.530. The van der Waals surface area contributed by atoms with Gasteiger partial charge in [-0.1, -0.05) is 29.8 Å². The predicted octanol–water partition coefficient (Wildman–Crippen LogP) is 3.53. The van der Waals surface area contributed by atoms with E-state index in [1.807, 2.05) is 5.51 Å². The van der Waals surface area contributed by atoms with E-state index in [-0.39, 0.29) is 0 Å². The third-order valence-corrected chi connectivity index (χ3v) is 4.32. The zero-order valence-electron chi connectivity index (χ0n) is 11.3. The van der Waals surface area contributed by atoms with Crippen LogP contribution in [0.1, 0.15) is 35.6 Å². The highest BCUT2D eigenvalue weighted by molar-refractivity contribution is 7.07. The van der Waals surface area contributed by atoms with Gasteiger partial charge >= 0.3 is 0 Å². The number of aromatic nitrogens is 1. The fourth-order valence-corrected chi connectivity index (χ4v) is 2.99. The summed E-state index contributed by atoms with van der Waals surface area (Å²) in [6.07, 6.45) is 3.72. The number of hydrogen-bond donors (Lipinski definition) is 1. The molecule has 1 fully saturated rings. The SMILES string of the molecule is Cc1cccc(C(CNC2CC2)Cc2cscn2)c1. The molecular weight excluding hydrogens is 252 g/mol. The molecule has 0 radical (unpaired) electrons. The number of benzene rings is 1. The Balaban J connectivity index is 1.73. The summed E-state index contributed by atoms with van der Waals surface area (Å²) < 4.78 is 0. The van der Waals surface area contributed by atoms with E-state index >= 15 is 0 Å². The van der Waals surface area contributed by atoms with Crippen molar-refractivity contribution in [3.05, 3.63) is 52.0 Å². The van der Waals surface area contributed by atoms with Crippen molar-refractivity contribution >= 4 is 11.3 Å². The van der Waals surface area contributed by atoms with Gasteiger partial charge in [-0.15, -0.1) is 11.3 Å². The molecule has 1 aliphatic carbocycles. The minimum absolute atomic E-state index is 0.530. The Morgan fingerprint density at radius 1 is 1.42 bits per heavy atom. The predicted molar refractivity (Wildman–Crippen MR) is 80.8 cm³/mol. The molecule has 100 valence electrons. The lowest BCUT2D eigenvalue weighted by molar-refractivity contribution is 0.573. The van der Waals surface area contributed by atoms with E-state index in [1.54, 1.807) is 11.3 Å². The summed E-state index contributed by atoms with van der Waals surface area (Å²) in [5.41, 5.74) is 5.92. The highest BCUT2D eigenvalue weighted by atomic mass is 32.1. The Morgan fingerprint density at radius 3 is 3.00 bits per heavy atom. The summed E-state index contributed by atoms with van der Waals surface area (Å²) in [5, 5.41) is 5.83. The maximum absolute atomic E-state index is 4.44. The second kappa shape index (κ2) is 5.85. The lowest BCUT2D eigenvalue weighted by Gasteiger charge is -2.18. The van der Waals surface area contributed by atoms with Crippen LogP contribution in [-0.4, -0.2) is 17.6 Å². The third-order valence-electron chi connectivity index (χ3n) is 3.68. The van der Waals surface area contributed by atoms with Gasteiger partial charge in [0.15, 0.2) is 0 Å². The number of rotatable bonds is 6. The second-order valence-electron chi connectivity index (χ2n) is 5.48. The summed E-state index contributed by atoms with van der Waals surface area (Å²) >= 11 is 1.69. The van der Waals surface area contributed by atoms with Crippen LogP contribution in [0.15, 0.2) is 35.2 Å². The Labute approximate surface area is 118 Å². The molecule has 3 rings (SSSR count). The maximum atomic E-state index is 4.44. The summed E-state index contributed by atoms with van der Waals surface area (Å²) in [4.78, 5) is 4.44. The van der Waals surface area contributed by atoms with Crippen molar-refractivity contribution in [2.24, 2.45) is 0 Å². The molecule has 1 heterocycles. The lowest BCUT2D eigenvalue weighted by Crippen LogP contribution is -2.25. The number of nitrogens with one attached hydrogen (secondary N) is 1. The van der Waals surface area contributed by atoms with Crippen LogP contribution in [-0.2, 0) is 6.42 Å². The van der Waals surface area contributed by atoms with Crippen LogP contribution < -0.4 is 5.32 Å². The van der Waals surface area contributed by atoms with Crippen LogP contribution in [0.2, 0.25) is 0 Å². The Kier molecular flexibility index (Phi) is 3.95. The number of hydrogen-bond acceptors (Lipinski definition) is 3. The summed E-state index contributed by atoms with van der Waals surface area (Å²) in [7, 11) is 0. The van der Waals surface area contributed by atoms with Gasteiger partial charge in [-0.2, -0.15) is 0 Å². The molecule has 1 unspecified atom stereocenters. The Hall–Kier alpha value is -1.19. The first-order valence-electron chi connectivity index (χ1n) is 6.98. The fraction of sp³-hybridized carbons (Fsp3) is 0.438. The lowest BCUT2D eigenvalue weighted by atomic mass is 9.93. The van der Waals surface area contributed by atoms with E-state index < -0.39 is 0 Å². The van der Waals surface area contributed by atoms with Gasteiger partial charge in [0.25, 0.3) is 0 Å². The van der Waals surface area contributed by atoms with Gasteiger partial charge in [-0.05, 0) is 31.7 Å². The first-order valence-corrected chi connectivity index (χ1v) is 7.92. The quantitative estimate of drug-likeness (QED) is 0.870. The number of thiazole rings is 1. The Bertz CT molecular complexity index is 517. The molecule has 2 nitrogen and oxygen atoms in total. The van der Waals surface area contributed by atoms with Crippen molar-refractivity contribution in [3.8, 4) is 0 Å². The molecule has 1 saturated carbocycles. The van der Waals surface area contributed by atoms with E-state index in [2.05, 4.69) is 46.9 Å². The van der Waals surface area contributed by atoms with Gasteiger partial charge in [0, 0.05) is 23.9 Å². The van der Waals surface area contributed by atoms with Gasteiger partial charge in [0.2, 0.25) is 0 Å². The smallest absolute Gasteiger partial charge is 0.0794 e. The molecule has 0 saturated heterocycles. The van der Waals surface area contributed by atoms with Crippen LogP contribution in [0.25, 0.3) is 0 Å². The third kappa shape index (κ3) is 3.64. The average Bonchev–Trinajstić information content (AvgIpc) is 3.10. The molecule has 1 N–H and O–H groups in total. The van der Waals surface area contributed by atoms with Crippen LogP contribution in [0.3, 0.4) is 0 Å². The van der Waals surface area contributed by atoms with Crippen LogP contribution in [0, 0.1) is 6.92 Å². The molecule has 19 heavy (non-hydrogen) atoms. The summed E-state index contributed by atoms with van der Waals surface area (Å²) in [6, 6.07) is 9.65. The minimum atomic E-state index is 0.530. The first kappa shape index (κ1) is 12.8. The highest BCUT2D eigenvalue weighted by Gasteiger charge is 2.22. The van der Waals surface area contributed by atoms with Gasteiger partial charge in [0.1, 0.15) is 0 Å². The van der Waals surface area contributed by atoms with Crippen molar-refractivity contribution in [3.63, 3.8) is 0 Å². The van der Waals surface area contributed by atoms with Crippen LogP contribution in [0.5, 0.6) is 0 Å². The van der Waals surface area contributed by atoms with Crippen molar-refractivity contribution in [1.82, 2.24) is 10.3 Å². The molecule has 0 amide bonds. The fourth-order valence-electron chi connectivity index (χ4n) is 2.42. The number of nitrogens with zero attached hydrogens (tertiary/aromatic N) is 1. The highest BCUT2D eigenvalue weighted by Crippen LogP contribution is 2.24. The molecule has 3 heteroatoms. The van der Waals surface area contributed by atoms with Crippen molar-refractivity contribution in [2.45, 2.75) is 38.1 Å². The van der Waals surface area contributed by atoms with Crippen molar-refractivity contribution in [2.75, 3.05) is 6.54 Å². The molecule has 0 bridgehead atoms. The molecule has 0 aliphatic heterocycles. The average molecular weight is 272 g/mol. The van der Waals surface area contributed by atoms with E-state index in [9.17, 15) is 0 Å². The topological polar surface area (TPSA) is 24.9 Å². The van der Waals surface area contributed by atoms with Crippen molar-refractivity contribution in [1.29, 1.82) is 0 Å². The molecular formula is C16H20N2S. The van der Waals surface area contributed by atoms with Crippen molar-refractivity contribution < 1.29 is 0 Å². The molecule has 1 aliphatic rings. The van der Waals surface area contributed by atoms with Gasteiger partial charge in [0.05, 0.1) is 11.2 Å². The van der Waals surface area contributed by atoms with E-state index in [0.717, 1.165) is 19.0 Å². The van der Waals surface area contributed by atoms with Crippen LogP contribution in [0.4, 0.5) is 0 Å². The second-order valence-corrected chi connectivity index (χ2v) is 6.20. The monoisotopic (exact) mass is 272 g/mol. The van der Waals surface area contributed by atoms with Gasteiger partial charge in [-0.25, -0.2) is 4.98 Å². The van der Waals surface area contributed by atoms with E-state index in [0.29, 0.717) is 5.92 Å². The zero-order chi connectivity index (χ0) is 13.1. The van der Waals surface area contributed by atoms with E-state index in [1.165, 1.54) is 29.7 Å². The summed E-state index contributed by atoms with van der Waals surface area (Å²) in [6.45, 7) is 3.23. The molecule has 1 aromatic heterocycles. The minimum Gasteiger partial charge on any atom is -0.313 e. The van der Waals surface area contributed by atoms with Crippen LogP contribution >= 0.6 is 11.3 Å². The van der Waals surface area contributed by atoms with Gasteiger partial charge in [-0.3, -0.25) is 0 Å². The largest absolute Gasteiger partial charge is 0.313 e. The molecule has 1 atom stereocenters. The maximum Gasteiger partial charge on any atom is 0.0794 e. The van der Waals surface area contributed by atoms with Gasteiger partial charge < -0.3 is 5.32 Å². The normalized spacial score (nSPS) is 16.5. The van der Waals surface area contributed by atoms with E-state index in [4.69, 9.17) is 0 Å². The Morgan fingerprint density at radius 2 is 2.32 bits per heavy atom. The molecule has 2 aromatic rings. The first-order chi connectivity index (χ1) is 9.31. The zero-order valence-corrected chi connectivity index (χ0v) is 12.1. The number of aryl methyl sites for hydroxylation is 1. The molecule has 1 aromatic carbocycles.